The first-order chi connectivity index (χ1) is 10.0. The molecule has 0 saturated carbocycles. The van der Waals surface area contributed by atoms with Crippen molar-refractivity contribution < 1.29 is 0 Å². The van der Waals surface area contributed by atoms with Gasteiger partial charge in [0.25, 0.3) is 0 Å². The summed E-state index contributed by atoms with van der Waals surface area (Å²) in [5, 5.41) is 2.79. The second-order valence-corrected chi connectivity index (χ2v) is 7.19. The molecule has 0 radical (unpaired) electrons. The Bertz CT molecular complexity index is 734. The lowest BCUT2D eigenvalue weighted by atomic mass is 9.87. The molecule has 2 heteroatoms. The summed E-state index contributed by atoms with van der Waals surface area (Å²) in [6, 6.07) is 2.80. The zero-order valence-electron chi connectivity index (χ0n) is 13.6. The van der Waals surface area contributed by atoms with Crippen molar-refractivity contribution >= 4 is 16.5 Å². The summed E-state index contributed by atoms with van der Waals surface area (Å²) in [6.07, 6.45) is 5.26. The number of aromatic nitrogens is 1. The van der Waals surface area contributed by atoms with Crippen LogP contribution in [-0.2, 0) is 6.42 Å². The molecule has 1 aromatic heterocycles. The molecule has 2 aliphatic rings. The number of pyridine rings is 1. The molecule has 1 aromatic carbocycles. The molecule has 4 rings (SSSR count). The first kappa shape index (κ1) is 13.1. The van der Waals surface area contributed by atoms with Crippen molar-refractivity contribution in [3.05, 3.63) is 35.2 Å². The lowest BCUT2D eigenvalue weighted by Crippen LogP contribution is -2.26. The van der Waals surface area contributed by atoms with Crippen LogP contribution >= 0.6 is 0 Å². The smallest absolute Gasteiger partial charge is 0.0500 e. The summed E-state index contributed by atoms with van der Waals surface area (Å²) in [7, 11) is 2.24. The zero-order valence-corrected chi connectivity index (χ0v) is 13.6. The van der Waals surface area contributed by atoms with Gasteiger partial charge < -0.3 is 4.90 Å². The minimum atomic E-state index is 0.570. The number of anilines is 1. The molecule has 4 atom stereocenters. The van der Waals surface area contributed by atoms with Crippen molar-refractivity contribution in [1.29, 1.82) is 0 Å². The van der Waals surface area contributed by atoms with Gasteiger partial charge in [0.05, 0.1) is 5.69 Å². The van der Waals surface area contributed by atoms with Crippen molar-refractivity contribution in [2.45, 2.75) is 52.0 Å². The third-order valence-corrected chi connectivity index (χ3v) is 6.25. The zero-order chi connectivity index (χ0) is 14.9. The van der Waals surface area contributed by atoms with Gasteiger partial charge in [-0.25, -0.2) is 0 Å². The second kappa shape index (κ2) is 4.22. The van der Waals surface area contributed by atoms with E-state index in [0.29, 0.717) is 17.9 Å². The lowest BCUT2D eigenvalue weighted by Gasteiger charge is -2.22. The highest BCUT2D eigenvalue weighted by molar-refractivity contribution is 6.01. The highest BCUT2D eigenvalue weighted by Gasteiger charge is 2.39. The van der Waals surface area contributed by atoms with E-state index in [-0.39, 0.29) is 0 Å². The third kappa shape index (κ3) is 1.51. The van der Waals surface area contributed by atoms with Crippen LogP contribution in [0.1, 0.15) is 56.2 Å². The highest BCUT2D eigenvalue weighted by Crippen LogP contribution is 2.53. The standard InChI is InChI=1S/C19H24N2/c1-10-8-15-17(11(10)2)14-6-7-20-9-16(14)19-18(15)12(3)13(4)21(19)5/h6-7,9-13H,8H2,1-5H3/t10-,11-,12-,13+/m1/s1. The Balaban J connectivity index is 2.16. The maximum absolute atomic E-state index is 4.42. The SMILES string of the molecule is C[C@@H]1Cc2c3c(c4cnccc4c2[C@@H]1C)N(C)[C@@H](C)[C@H]3C. The Kier molecular flexibility index (Phi) is 2.64. The third-order valence-electron chi connectivity index (χ3n) is 6.25. The van der Waals surface area contributed by atoms with Crippen molar-refractivity contribution in [3.8, 4) is 0 Å². The van der Waals surface area contributed by atoms with Crippen LogP contribution in [-0.4, -0.2) is 18.1 Å². The summed E-state index contributed by atoms with van der Waals surface area (Å²) in [5.74, 6) is 2.01. The molecule has 0 fully saturated rings. The maximum atomic E-state index is 4.42. The second-order valence-electron chi connectivity index (χ2n) is 7.19. The fraction of sp³-hybridized carbons (Fsp3) is 0.526. The number of rotatable bonds is 0. The van der Waals surface area contributed by atoms with Crippen LogP contribution in [0.25, 0.3) is 10.8 Å². The molecular weight excluding hydrogens is 256 g/mol. The number of hydrogen-bond acceptors (Lipinski definition) is 2. The molecule has 2 heterocycles. The summed E-state index contributed by atoms with van der Waals surface area (Å²) in [4.78, 5) is 6.89. The fourth-order valence-electron chi connectivity index (χ4n) is 4.59. The van der Waals surface area contributed by atoms with E-state index in [9.17, 15) is 0 Å². The van der Waals surface area contributed by atoms with Gasteiger partial charge in [-0.3, -0.25) is 4.98 Å². The van der Waals surface area contributed by atoms with E-state index in [4.69, 9.17) is 0 Å². The average Bonchev–Trinajstić information content (AvgIpc) is 2.90. The first-order valence-corrected chi connectivity index (χ1v) is 8.17. The van der Waals surface area contributed by atoms with Gasteiger partial charge in [-0.15, -0.1) is 0 Å². The van der Waals surface area contributed by atoms with Crippen LogP contribution < -0.4 is 4.90 Å². The van der Waals surface area contributed by atoms with E-state index in [1.54, 1.807) is 16.7 Å². The van der Waals surface area contributed by atoms with Gasteiger partial charge in [0.15, 0.2) is 0 Å². The summed E-state index contributed by atoms with van der Waals surface area (Å²) >= 11 is 0. The van der Waals surface area contributed by atoms with Crippen LogP contribution in [0.4, 0.5) is 5.69 Å². The average molecular weight is 280 g/mol. The van der Waals surface area contributed by atoms with E-state index >= 15 is 0 Å². The molecule has 0 bridgehead atoms. The van der Waals surface area contributed by atoms with Gasteiger partial charge in [-0.1, -0.05) is 20.8 Å². The predicted molar refractivity (Wildman–Crippen MR) is 89.3 cm³/mol. The molecule has 0 spiro atoms. The highest BCUT2D eigenvalue weighted by atomic mass is 15.2. The molecular formula is C19H24N2. The molecule has 110 valence electrons. The van der Waals surface area contributed by atoms with Crippen LogP contribution in [0, 0.1) is 5.92 Å². The molecule has 21 heavy (non-hydrogen) atoms. The number of likely N-dealkylation sites (N-methyl/N-ethyl adjacent to an activating group) is 1. The number of benzene rings is 1. The van der Waals surface area contributed by atoms with E-state index in [1.807, 2.05) is 6.20 Å². The molecule has 2 aromatic rings. The molecule has 1 aliphatic carbocycles. The van der Waals surface area contributed by atoms with Gasteiger partial charge in [-0.2, -0.15) is 0 Å². The maximum Gasteiger partial charge on any atom is 0.0500 e. The van der Waals surface area contributed by atoms with Gasteiger partial charge in [0.2, 0.25) is 0 Å². The fourth-order valence-corrected chi connectivity index (χ4v) is 4.59. The van der Waals surface area contributed by atoms with Gasteiger partial charge in [0, 0.05) is 36.8 Å². The lowest BCUT2D eigenvalue weighted by molar-refractivity contribution is 0.532. The van der Waals surface area contributed by atoms with Crippen LogP contribution in [0.2, 0.25) is 0 Å². The molecule has 0 amide bonds. The van der Waals surface area contributed by atoms with Crippen LogP contribution in [0.3, 0.4) is 0 Å². The van der Waals surface area contributed by atoms with E-state index < -0.39 is 0 Å². The summed E-state index contributed by atoms with van der Waals surface area (Å²) in [6.45, 7) is 9.54. The van der Waals surface area contributed by atoms with E-state index in [0.717, 1.165) is 5.92 Å². The molecule has 0 saturated heterocycles. The normalized spacial score (nSPS) is 30.8. The van der Waals surface area contributed by atoms with Crippen LogP contribution in [0.5, 0.6) is 0 Å². The minimum absolute atomic E-state index is 0.570. The van der Waals surface area contributed by atoms with Crippen molar-refractivity contribution in [2.75, 3.05) is 11.9 Å². The molecule has 2 nitrogen and oxygen atoms in total. The Hall–Kier alpha value is -1.57. The summed E-state index contributed by atoms with van der Waals surface area (Å²) in [5.41, 5.74) is 6.30. The van der Waals surface area contributed by atoms with E-state index in [1.165, 1.54) is 22.9 Å². The summed E-state index contributed by atoms with van der Waals surface area (Å²) < 4.78 is 0. The van der Waals surface area contributed by atoms with Gasteiger partial charge in [0.1, 0.15) is 0 Å². The number of fused-ring (bicyclic) bond motifs is 6. The quantitative estimate of drug-likeness (QED) is 0.707. The van der Waals surface area contributed by atoms with Crippen molar-refractivity contribution in [3.63, 3.8) is 0 Å². The Morgan fingerprint density at radius 1 is 1.05 bits per heavy atom. The Morgan fingerprint density at radius 3 is 2.57 bits per heavy atom. The topological polar surface area (TPSA) is 16.1 Å². The van der Waals surface area contributed by atoms with Crippen molar-refractivity contribution in [2.24, 2.45) is 5.92 Å². The Morgan fingerprint density at radius 2 is 1.81 bits per heavy atom. The van der Waals surface area contributed by atoms with E-state index in [2.05, 4.69) is 56.9 Å². The monoisotopic (exact) mass is 280 g/mol. The molecule has 0 unspecified atom stereocenters. The Labute approximate surface area is 127 Å². The molecule has 1 aliphatic heterocycles. The molecule has 0 N–H and O–H groups in total. The van der Waals surface area contributed by atoms with Gasteiger partial charge >= 0.3 is 0 Å². The predicted octanol–water partition coefficient (Wildman–Crippen LogP) is 4.47. The van der Waals surface area contributed by atoms with Crippen molar-refractivity contribution in [1.82, 2.24) is 4.98 Å². The largest absolute Gasteiger partial charge is 0.370 e. The first-order valence-electron chi connectivity index (χ1n) is 8.17. The van der Waals surface area contributed by atoms with Crippen LogP contribution in [0.15, 0.2) is 18.5 Å². The number of hydrogen-bond donors (Lipinski definition) is 0. The van der Waals surface area contributed by atoms with Gasteiger partial charge in [-0.05, 0) is 53.3 Å². The number of nitrogens with zero attached hydrogens (tertiary/aromatic N) is 2. The minimum Gasteiger partial charge on any atom is -0.370 e.